The second-order valence-electron chi connectivity index (χ2n) is 7.90. The molecule has 0 spiro atoms. The zero-order chi connectivity index (χ0) is 25.8. The third kappa shape index (κ3) is 9.29. The molecule has 0 aliphatic heterocycles. The topological polar surface area (TPSA) is 115 Å². The number of carbonyl (C=O) groups is 3. The number of methoxy groups -OCH3 is 1. The monoisotopic (exact) mass is 503 g/mol. The van der Waals surface area contributed by atoms with Gasteiger partial charge in [-0.2, -0.15) is 5.10 Å². The van der Waals surface area contributed by atoms with Gasteiger partial charge in [0.05, 0.1) is 19.9 Å². The summed E-state index contributed by atoms with van der Waals surface area (Å²) in [5.41, 5.74) is 3.49. The number of hydrogen-bond donors (Lipinski definition) is 2. The van der Waals surface area contributed by atoms with Gasteiger partial charge in [-0.3, -0.25) is 9.59 Å². The van der Waals surface area contributed by atoms with Crippen LogP contribution >= 0.6 is 11.6 Å². The van der Waals surface area contributed by atoms with Crippen LogP contribution in [0.5, 0.6) is 11.5 Å². The second kappa shape index (κ2) is 14.0. The van der Waals surface area contributed by atoms with Gasteiger partial charge in [-0.15, -0.1) is 0 Å². The highest BCUT2D eigenvalue weighted by atomic mass is 35.5. The summed E-state index contributed by atoms with van der Waals surface area (Å²) in [5, 5.41) is 7.27. The van der Waals surface area contributed by atoms with Crippen molar-refractivity contribution in [3.63, 3.8) is 0 Å². The number of carbonyl (C=O) groups excluding carboxylic acids is 3. The van der Waals surface area contributed by atoms with Crippen LogP contribution in [-0.4, -0.2) is 50.4 Å². The van der Waals surface area contributed by atoms with E-state index in [0.29, 0.717) is 34.1 Å². The van der Waals surface area contributed by atoms with Crippen molar-refractivity contribution in [2.45, 2.75) is 33.2 Å². The first-order valence-electron chi connectivity index (χ1n) is 11.1. The molecule has 9 nitrogen and oxygen atoms in total. The first-order valence-corrected chi connectivity index (χ1v) is 11.5. The molecule has 188 valence electrons. The molecular formula is C25H30ClN3O6. The molecule has 2 aromatic carbocycles. The van der Waals surface area contributed by atoms with Crippen molar-refractivity contribution in [2.75, 3.05) is 20.3 Å². The zero-order valence-electron chi connectivity index (χ0n) is 20.2. The number of ether oxygens (including phenoxy) is 3. The first-order chi connectivity index (χ1) is 16.7. The quantitative estimate of drug-likeness (QED) is 0.260. The fourth-order valence-electron chi connectivity index (χ4n) is 3.02. The van der Waals surface area contributed by atoms with Gasteiger partial charge < -0.3 is 19.5 Å². The van der Waals surface area contributed by atoms with Crippen LogP contribution in [0.3, 0.4) is 0 Å². The minimum absolute atomic E-state index is 0.159. The standard InChI is InChI=1S/C25H30ClN3O6/c1-5-34-23(30)15-35-21-11-6-17(13-22(21)33-4)14-27-29-25(32)20(12-16(2)3)28-24(31)18-7-9-19(26)10-8-18/h6-11,13-14,16,20H,5,12,15H2,1-4H3,(H,28,31)(H,29,32)/b27-14+. The van der Waals surface area contributed by atoms with Gasteiger partial charge in [0.1, 0.15) is 6.04 Å². The van der Waals surface area contributed by atoms with Gasteiger partial charge in [-0.1, -0.05) is 25.4 Å². The van der Waals surface area contributed by atoms with Crippen molar-refractivity contribution in [1.29, 1.82) is 0 Å². The molecule has 0 bridgehead atoms. The van der Waals surface area contributed by atoms with E-state index in [9.17, 15) is 14.4 Å². The molecule has 0 saturated heterocycles. The van der Waals surface area contributed by atoms with Gasteiger partial charge in [-0.05, 0) is 67.3 Å². The van der Waals surface area contributed by atoms with E-state index < -0.39 is 17.9 Å². The molecule has 0 fully saturated rings. The third-order valence-corrected chi connectivity index (χ3v) is 4.91. The maximum atomic E-state index is 12.7. The molecule has 0 aromatic heterocycles. The van der Waals surface area contributed by atoms with Crippen molar-refractivity contribution in [2.24, 2.45) is 11.0 Å². The molecule has 2 rings (SSSR count). The Labute approximate surface area is 209 Å². The van der Waals surface area contributed by atoms with E-state index in [0.717, 1.165) is 0 Å². The lowest BCUT2D eigenvalue weighted by Gasteiger charge is -2.19. The summed E-state index contributed by atoms with van der Waals surface area (Å²) >= 11 is 5.87. The van der Waals surface area contributed by atoms with Crippen LogP contribution in [0.25, 0.3) is 0 Å². The summed E-state index contributed by atoms with van der Waals surface area (Å²) in [7, 11) is 1.47. The Hall–Kier alpha value is -3.59. The second-order valence-corrected chi connectivity index (χ2v) is 8.34. The average molecular weight is 504 g/mol. The number of hydrazone groups is 1. The molecule has 1 unspecified atom stereocenters. The van der Waals surface area contributed by atoms with Crippen molar-refractivity contribution in [3.8, 4) is 11.5 Å². The fraction of sp³-hybridized carbons (Fsp3) is 0.360. The maximum absolute atomic E-state index is 12.7. The van der Waals surface area contributed by atoms with Crippen molar-refractivity contribution >= 4 is 35.6 Å². The summed E-state index contributed by atoms with van der Waals surface area (Å²) < 4.78 is 15.6. The van der Waals surface area contributed by atoms with E-state index in [1.54, 1.807) is 49.4 Å². The minimum atomic E-state index is -0.775. The molecule has 2 amide bonds. The summed E-state index contributed by atoms with van der Waals surface area (Å²) in [6.45, 7) is 5.64. The van der Waals surface area contributed by atoms with Crippen LogP contribution in [0.15, 0.2) is 47.6 Å². The Balaban J connectivity index is 2.02. The van der Waals surface area contributed by atoms with E-state index >= 15 is 0 Å². The normalized spacial score (nSPS) is 11.7. The Kier molecular flexibility index (Phi) is 11.0. The zero-order valence-corrected chi connectivity index (χ0v) is 20.9. The smallest absolute Gasteiger partial charge is 0.344 e. The van der Waals surface area contributed by atoms with Crippen LogP contribution in [-0.2, 0) is 14.3 Å². The van der Waals surface area contributed by atoms with E-state index in [1.165, 1.54) is 13.3 Å². The number of hydrogen-bond acceptors (Lipinski definition) is 7. The SMILES string of the molecule is CCOC(=O)COc1ccc(/C=N/NC(=O)C(CC(C)C)NC(=O)c2ccc(Cl)cc2)cc1OC. The van der Waals surface area contributed by atoms with Gasteiger partial charge in [0.25, 0.3) is 11.8 Å². The number of halogens is 1. The van der Waals surface area contributed by atoms with Crippen molar-refractivity contribution in [1.82, 2.24) is 10.7 Å². The molecule has 1 atom stereocenters. The van der Waals surface area contributed by atoms with Crippen LogP contribution in [0.2, 0.25) is 5.02 Å². The van der Waals surface area contributed by atoms with E-state index in [4.69, 9.17) is 25.8 Å². The van der Waals surface area contributed by atoms with E-state index in [1.807, 2.05) is 13.8 Å². The highest BCUT2D eigenvalue weighted by molar-refractivity contribution is 6.30. The summed E-state index contributed by atoms with van der Waals surface area (Å²) in [6, 6.07) is 10.6. The Morgan fingerprint density at radius 2 is 1.80 bits per heavy atom. The molecule has 0 heterocycles. The van der Waals surface area contributed by atoms with Crippen LogP contribution < -0.4 is 20.2 Å². The molecule has 0 saturated carbocycles. The lowest BCUT2D eigenvalue weighted by Crippen LogP contribution is -2.46. The summed E-state index contributed by atoms with van der Waals surface area (Å²) in [5.74, 6) is -0.400. The maximum Gasteiger partial charge on any atom is 0.344 e. The van der Waals surface area contributed by atoms with Crippen LogP contribution in [0, 0.1) is 5.92 Å². The van der Waals surface area contributed by atoms with Crippen molar-refractivity contribution < 1.29 is 28.6 Å². The van der Waals surface area contributed by atoms with Gasteiger partial charge in [-0.25, -0.2) is 10.2 Å². The predicted molar refractivity (Wildman–Crippen MR) is 133 cm³/mol. The van der Waals surface area contributed by atoms with Gasteiger partial charge in [0, 0.05) is 10.6 Å². The number of esters is 1. The highest BCUT2D eigenvalue weighted by Gasteiger charge is 2.22. The number of nitrogens with one attached hydrogen (secondary N) is 2. The van der Waals surface area contributed by atoms with E-state index in [2.05, 4.69) is 15.8 Å². The largest absolute Gasteiger partial charge is 0.493 e. The first kappa shape index (κ1) is 27.7. The van der Waals surface area contributed by atoms with Gasteiger partial charge >= 0.3 is 5.97 Å². The molecular weight excluding hydrogens is 474 g/mol. The third-order valence-electron chi connectivity index (χ3n) is 4.66. The number of amides is 2. The van der Waals surface area contributed by atoms with E-state index in [-0.39, 0.29) is 25.0 Å². The summed E-state index contributed by atoms with van der Waals surface area (Å²) in [6.07, 6.45) is 1.87. The lowest BCUT2D eigenvalue weighted by atomic mass is 10.0. The molecule has 10 heteroatoms. The van der Waals surface area contributed by atoms with Gasteiger partial charge in [0.15, 0.2) is 18.1 Å². The highest BCUT2D eigenvalue weighted by Crippen LogP contribution is 2.27. The molecule has 0 aliphatic rings. The van der Waals surface area contributed by atoms with Gasteiger partial charge in [0.2, 0.25) is 0 Å². The summed E-state index contributed by atoms with van der Waals surface area (Å²) in [4.78, 5) is 36.8. The molecule has 0 radical (unpaired) electrons. The molecule has 35 heavy (non-hydrogen) atoms. The van der Waals surface area contributed by atoms with Crippen molar-refractivity contribution in [3.05, 3.63) is 58.6 Å². The number of rotatable bonds is 12. The molecule has 2 N–H and O–H groups in total. The minimum Gasteiger partial charge on any atom is -0.493 e. The Morgan fingerprint density at radius 1 is 1.09 bits per heavy atom. The number of benzene rings is 2. The fourth-order valence-corrected chi connectivity index (χ4v) is 3.14. The predicted octanol–water partition coefficient (Wildman–Crippen LogP) is 3.59. The van der Waals surface area contributed by atoms with Crippen LogP contribution in [0.4, 0.5) is 0 Å². The van der Waals surface area contributed by atoms with Crippen LogP contribution in [0.1, 0.15) is 43.1 Å². The Morgan fingerprint density at radius 3 is 2.43 bits per heavy atom. The Bertz CT molecular complexity index is 1040. The molecule has 2 aromatic rings. The molecule has 0 aliphatic carbocycles. The number of nitrogens with zero attached hydrogens (tertiary/aromatic N) is 1. The average Bonchev–Trinajstić information content (AvgIpc) is 2.82. The lowest BCUT2D eigenvalue weighted by molar-refractivity contribution is -0.145.